The van der Waals surface area contributed by atoms with E-state index in [1.807, 2.05) is 6.08 Å². The number of aliphatic hydroxyl groups excluding tert-OH is 1. The van der Waals surface area contributed by atoms with Crippen molar-refractivity contribution in [2.24, 2.45) is 5.92 Å². The molecular weight excluding hydrogens is 150 g/mol. The Hall–Kier alpha value is -0.340. The lowest BCUT2D eigenvalue weighted by Crippen LogP contribution is -2.29. The quantitative estimate of drug-likeness (QED) is 0.491. The Morgan fingerprint density at radius 2 is 2.33 bits per heavy atom. The molecule has 2 nitrogen and oxygen atoms in total. The number of rotatable bonds is 4. The molecule has 1 aliphatic carbocycles. The van der Waals surface area contributed by atoms with E-state index in [9.17, 15) is 5.11 Å². The minimum absolute atomic E-state index is 0.0470. The van der Waals surface area contributed by atoms with Crippen molar-refractivity contribution in [2.75, 3.05) is 13.1 Å². The van der Waals surface area contributed by atoms with Crippen LogP contribution in [0.2, 0.25) is 0 Å². The van der Waals surface area contributed by atoms with Crippen LogP contribution in [0.25, 0.3) is 0 Å². The molecule has 1 saturated carbocycles. The van der Waals surface area contributed by atoms with Gasteiger partial charge >= 0.3 is 0 Å². The average molecular weight is 169 g/mol. The van der Waals surface area contributed by atoms with Crippen molar-refractivity contribution in [3.05, 3.63) is 12.7 Å². The fourth-order valence-corrected chi connectivity index (χ4v) is 1.84. The van der Waals surface area contributed by atoms with Gasteiger partial charge in [-0.15, -0.1) is 6.58 Å². The summed E-state index contributed by atoms with van der Waals surface area (Å²) in [5.41, 5.74) is 0. The maximum absolute atomic E-state index is 9.39. The minimum Gasteiger partial charge on any atom is -0.393 e. The van der Waals surface area contributed by atoms with Gasteiger partial charge in [0.25, 0.3) is 0 Å². The highest BCUT2D eigenvalue weighted by molar-refractivity contribution is 4.76. The van der Waals surface area contributed by atoms with E-state index >= 15 is 0 Å². The van der Waals surface area contributed by atoms with Gasteiger partial charge in [0, 0.05) is 6.54 Å². The maximum Gasteiger partial charge on any atom is 0.0543 e. The molecule has 0 spiro atoms. The van der Waals surface area contributed by atoms with Crippen molar-refractivity contribution in [1.82, 2.24) is 5.32 Å². The molecule has 12 heavy (non-hydrogen) atoms. The Balaban J connectivity index is 2.09. The van der Waals surface area contributed by atoms with Crippen molar-refractivity contribution >= 4 is 0 Å². The second kappa shape index (κ2) is 5.33. The van der Waals surface area contributed by atoms with Gasteiger partial charge in [-0.3, -0.25) is 0 Å². The van der Waals surface area contributed by atoms with Gasteiger partial charge in [-0.2, -0.15) is 0 Å². The Morgan fingerprint density at radius 3 is 3.00 bits per heavy atom. The maximum atomic E-state index is 9.39. The van der Waals surface area contributed by atoms with Gasteiger partial charge in [-0.05, 0) is 31.7 Å². The van der Waals surface area contributed by atoms with Crippen LogP contribution in [-0.4, -0.2) is 24.3 Å². The average Bonchev–Trinajstić information content (AvgIpc) is 2.05. The van der Waals surface area contributed by atoms with Crippen molar-refractivity contribution in [3.8, 4) is 0 Å². The third kappa shape index (κ3) is 3.37. The fraction of sp³-hybridized carbons (Fsp3) is 0.800. The summed E-state index contributed by atoms with van der Waals surface area (Å²) in [6.07, 6.45) is 6.25. The highest BCUT2D eigenvalue weighted by atomic mass is 16.3. The molecule has 1 fully saturated rings. The van der Waals surface area contributed by atoms with Crippen LogP contribution in [0, 0.1) is 5.92 Å². The summed E-state index contributed by atoms with van der Waals surface area (Å²) in [4.78, 5) is 0. The van der Waals surface area contributed by atoms with Crippen molar-refractivity contribution < 1.29 is 5.11 Å². The first kappa shape index (κ1) is 9.75. The summed E-state index contributed by atoms with van der Waals surface area (Å²) in [6, 6.07) is 0. The van der Waals surface area contributed by atoms with E-state index in [1.54, 1.807) is 0 Å². The van der Waals surface area contributed by atoms with E-state index in [1.165, 1.54) is 12.8 Å². The molecule has 0 amide bonds. The first-order valence-electron chi connectivity index (χ1n) is 4.82. The molecule has 0 bridgehead atoms. The van der Waals surface area contributed by atoms with Crippen LogP contribution in [0.5, 0.6) is 0 Å². The van der Waals surface area contributed by atoms with E-state index in [0.29, 0.717) is 5.92 Å². The van der Waals surface area contributed by atoms with Crippen LogP contribution in [0.4, 0.5) is 0 Å². The smallest absolute Gasteiger partial charge is 0.0543 e. The summed E-state index contributed by atoms with van der Waals surface area (Å²) in [5, 5.41) is 12.7. The van der Waals surface area contributed by atoms with Gasteiger partial charge in [0.2, 0.25) is 0 Å². The minimum atomic E-state index is -0.0470. The standard InChI is InChI=1S/C10H19NO/c1-2-6-11-8-9-4-3-5-10(12)7-9/h2,9-12H,1,3-8H2. The van der Waals surface area contributed by atoms with Crippen LogP contribution >= 0.6 is 0 Å². The monoisotopic (exact) mass is 169 g/mol. The van der Waals surface area contributed by atoms with E-state index in [4.69, 9.17) is 0 Å². The molecule has 0 aromatic heterocycles. The summed E-state index contributed by atoms with van der Waals surface area (Å²) in [7, 11) is 0. The summed E-state index contributed by atoms with van der Waals surface area (Å²) >= 11 is 0. The first-order valence-corrected chi connectivity index (χ1v) is 4.82. The summed E-state index contributed by atoms with van der Waals surface area (Å²) in [5.74, 6) is 0.675. The van der Waals surface area contributed by atoms with Gasteiger partial charge in [0.1, 0.15) is 0 Å². The van der Waals surface area contributed by atoms with E-state index in [-0.39, 0.29) is 6.10 Å². The molecule has 0 aromatic carbocycles. The molecule has 2 atom stereocenters. The van der Waals surface area contributed by atoms with Gasteiger partial charge in [-0.25, -0.2) is 0 Å². The van der Waals surface area contributed by atoms with Crippen LogP contribution in [0.15, 0.2) is 12.7 Å². The highest BCUT2D eigenvalue weighted by Crippen LogP contribution is 2.23. The van der Waals surface area contributed by atoms with Crippen LogP contribution in [0.1, 0.15) is 25.7 Å². The summed E-state index contributed by atoms with van der Waals surface area (Å²) in [6.45, 7) is 5.56. The predicted octanol–water partition coefficient (Wildman–Crippen LogP) is 1.31. The van der Waals surface area contributed by atoms with Crippen molar-refractivity contribution in [3.63, 3.8) is 0 Å². The molecule has 0 radical (unpaired) electrons. The lowest BCUT2D eigenvalue weighted by molar-refractivity contribution is 0.101. The molecule has 1 rings (SSSR count). The molecule has 0 aromatic rings. The molecule has 2 unspecified atom stereocenters. The normalized spacial score (nSPS) is 30.1. The largest absolute Gasteiger partial charge is 0.393 e. The van der Waals surface area contributed by atoms with Crippen molar-refractivity contribution in [1.29, 1.82) is 0 Å². The van der Waals surface area contributed by atoms with Gasteiger partial charge < -0.3 is 10.4 Å². The topological polar surface area (TPSA) is 32.3 Å². The van der Waals surface area contributed by atoms with E-state index in [2.05, 4.69) is 11.9 Å². The van der Waals surface area contributed by atoms with Gasteiger partial charge in [0.05, 0.1) is 6.10 Å². The van der Waals surface area contributed by atoms with Crippen LogP contribution < -0.4 is 5.32 Å². The second-order valence-corrected chi connectivity index (χ2v) is 3.63. The zero-order chi connectivity index (χ0) is 8.81. The fourth-order valence-electron chi connectivity index (χ4n) is 1.84. The van der Waals surface area contributed by atoms with E-state index < -0.39 is 0 Å². The van der Waals surface area contributed by atoms with Crippen molar-refractivity contribution in [2.45, 2.75) is 31.8 Å². The molecular formula is C10H19NO. The third-order valence-corrected chi connectivity index (χ3v) is 2.48. The van der Waals surface area contributed by atoms with Crippen LogP contribution in [0.3, 0.4) is 0 Å². The number of hydrogen-bond acceptors (Lipinski definition) is 2. The molecule has 0 heterocycles. The SMILES string of the molecule is C=CCNCC1CCCC(O)C1. The summed E-state index contributed by atoms with van der Waals surface area (Å²) < 4.78 is 0. The lowest BCUT2D eigenvalue weighted by Gasteiger charge is -2.25. The Morgan fingerprint density at radius 1 is 1.50 bits per heavy atom. The van der Waals surface area contributed by atoms with Gasteiger partial charge in [-0.1, -0.05) is 12.5 Å². The third-order valence-electron chi connectivity index (χ3n) is 2.48. The van der Waals surface area contributed by atoms with Gasteiger partial charge in [0.15, 0.2) is 0 Å². The molecule has 0 aliphatic heterocycles. The molecule has 70 valence electrons. The molecule has 1 aliphatic rings. The zero-order valence-corrected chi connectivity index (χ0v) is 7.63. The highest BCUT2D eigenvalue weighted by Gasteiger charge is 2.19. The Labute approximate surface area is 74.7 Å². The Kier molecular flexibility index (Phi) is 4.33. The number of hydrogen-bond donors (Lipinski definition) is 2. The number of aliphatic hydroxyl groups is 1. The zero-order valence-electron chi connectivity index (χ0n) is 7.63. The molecule has 2 N–H and O–H groups in total. The molecule has 2 heteroatoms. The molecule has 0 saturated heterocycles. The lowest BCUT2D eigenvalue weighted by atomic mass is 9.87. The first-order chi connectivity index (χ1) is 5.83. The second-order valence-electron chi connectivity index (χ2n) is 3.63. The van der Waals surface area contributed by atoms with E-state index in [0.717, 1.165) is 25.9 Å². The Bertz CT molecular complexity index is 136. The number of nitrogens with one attached hydrogen (secondary N) is 1. The van der Waals surface area contributed by atoms with Crippen LogP contribution in [-0.2, 0) is 0 Å². The predicted molar refractivity (Wildman–Crippen MR) is 51.0 cm³/mol.